The van der Waals surface area contributed by atoms with Gasteiger partial charge in [0.05, 0.1) is 11.6 Å². The fourth-order valence-corrected chi connectivity index (χ4v) is 2.14. The molecule has 1 aliphatic heterocycles. The smallest absolute Gasteiger partial charge is 0.346 e. The lowest BCUT2D eigenvalue weighted by Gasteiger charge is -2.24. The van der Waals surface area contributed by atoms with E-state index >= 15 is 0 Å². The van der Waals surface area contributed by atoms with Gasteiger partial charge >= 0.3 is 6.03 Å². The Morgan fingerprint density at radius 2 is 2.22 bits per heavy atom. The van der Waals surface area contributed by atoms with E-state index in [0.717, 1.165) is 12.0 Å². The van der Waals surface area contributed by atoms with Crippen LogP contribution in [0, 0.1) is 11.3 Å². The Labute approximate surface area is 106 Å². The van der Waals surface area contributed by atoms with Crippen LogP contribution in [-0.4, -0.2) is 23.3 Å². The van der Waals surface area contributed by atoms with E-state index in [1.807, 2.05) is 19.1 Å². The van der Waals surface area contributed by atoms with Crippen molar-refractivity contribution < 1.29 is 4.79 Å². The van der Waals surface area contributed by atoms with Gasteiger partial charge in [0.15, 0.2) is 0 Å². The lowest BCUT2D eigenvalue weighted by molar-refractivity contribution is 0.206. The summed E-state index contributed by atoms with van der Waals surface area (Å²) in [5, 5.41) is 9.11. The SMILES string of the molecule is CCCN1C(=O)N=C(N)C1c1ccccc1C#N. The number of carbonyl (C=O) groups is 1. The first kappa shape index (κ1) is 12.1. The maximum Gasteiger partial charge on any atom is 0.346 e. The molecule has 0 aromatic heterocycles. The normalized spacial score (nSPS) is 18.7. The van der Waals surface area contributed by atoms with Crippen molar-refractivity contribution >= 4 is 11.9 Å². The summed E-state index contributed by atoms with van der Waals surface area (Å²) in [4.78, 5) is 17.1. The maximum absolute atomic E-state index is 11.7. The van der Waals surface area contributed by atoms with Crippen molar-refractivity contribution in [1.29, 1.82) is 5.26 Å². The van der Waals surface area contributed by atoms with Gasteiger partial charge in [0.2, 0.25) is 0 Å². The molecule has 1 unspecified atom stereocenters. The van der Waals surface area contributed by atoms with Gasteiger partial charge in [-0.2, -0.15) is 10.3 Å². The molecule has 1 aromatic carbocycles. The first-order valence-electron chi connectivity index (χ1n) is 5.82. The Kier molecular flexibility index (Phi) is 3.28. The van der Waals surface area contributed by atoms with E-state index in [4.69, 9.17) is 11.0 Å². The number of nitrogens with zero attached hydrogens (tertiary/aromatic N) is 3. The van der Waals surface area contributed by atoms with Crippen LogP contribution in [0.25, 0.3) is 0 Å². The number of benzene rings is 1. The molecule has 0 aliphatic carbocycles. The minimum absolute atomic E-state index is 0.260. The lowest BCUT2D eigenvalue weighted by Crippen LogP contribution is -2.34. The summed E-state index contributed by atoms with van der Waals surface area (Å²) >= 11 is 0. The largest absolute Gasteiger partial charge is 0.385 e. The molecule has 0 radical (unpaired) electrons. The highest BCUT2D eigenvalue weighted by atomic mass is 16.2. The summed E-state index contributed by atoms with van der Waals surface area (Å²) in [7, 11) is 0. The zero-order valence-corrected chi connectivity index (χ0v) is 10.1. The molecule has 0 bridgehead atoms. The molecule has 0 spiro atoms. The van der Waals surface area contributed by atoms with Gasteiger partial charge in [-0.3, -0.25) is 0 Å². The third-order valence-corrected chi connectivity index (χ3v) is 2.90. The first-order valence-corrected chi connectivity index (χ1v) is 5.82. The monoisotopic (exact) mass is 242 g/mol. The van der Waals surface area contributed by atoms with E-state index in [1.54, 1.807) is 17.0 Å². The zero-order chi connectivity index (χ0) is 13.1. The van der Waals surface area contributed by atoms with Crippen molar-refractivity contribution in [2.75, 3.05) is 6.54 Å². The van der Waals surface area contributed by atoms with Crippen LogP contribution in [0.1, 0.15) is 30.5 Å². The third kappa shape index (κ3) is 1.93. The highest BCUT2D eigenvalue weighted by Gasteiger charge is 2.35. The lowest BCUT2D eigenvalue weighted by atomic mass is 9.99. The number of hydrogen-bond donors (Lipinski definition) is 1. The van der Waals surface area contributed by atoms with E-state index in [-0.39, 0.29) is 11.9 Å². The summed E-state index contributed by atoms with van der Waals surface area (Å²) in [6.45, 7) is 2.56. The van der Waals surface area contributed by atoms with Gasteiger partial charge in [0, 0.05) is 12.1 Å². The molecule has 92 valence electrons. The van der Waals surface area contributed by atoms with Crippen molar-refractivity contribution in [2.24, 2.45) is 10.7 Å². The van der Waals surface area contributed by atoms with Gasteiger partial charge in [-0.05, 0) is 12.5 Å². The molecular weight excluding hydrogens is 228 g/mol. The van der Waals surface area contributed by atoms with Gasteiger partial charge in [-0.15, -0.1) is 0 Å². The number of rotatable bonds is 3. The molecular formula is C13H14N4O. The number of hydrogen-bond acceptors (Lipinski definition) is 3. The van der Waals surface area contributed by atoms with E-state index in [1.165, 1.54) is 0 Å². The first-order chi connectivity index (χ1) is 8.69. The number of urea groups is 1. The summed E-state index contributed by atoms with van der Waals surface area (Å²) in [5.41, 5.74) is 7.08. The molecule has 18 heavy (non-hydrogen) atoms. The average molecular weight is 242 g/mol. The third-order valence-electron chi connectivity index (χ3n) is 2.90. The summed E-state index contributed by atoms with van der Waals surface area (Å²) < 4.78 is 0. The molecule has 5 heteroatoms. The van der Waals surface area contributed by atoms with E-state index < -0.39 is 6.04 Å². The predicted molar refractivity (Wildman–Crippen MR) is 67.9 cm³/mol. The average Bonchev–Trinajstić information content (AvgIpc) is 2.65. The molecule has 0 fully saturated rings. The number of amides is 2. The molecule has 1 atom stereocenters. The minimum Gasteiger partial charge on any atom is -0.385 e. The van der Waals surface area contributed by atoms with Crippen molar-refractivity contribution in [1.82, 2.24) is 4.90 Å². The second-order valence-electron chi connectivity index (χ2n) is 4.11. The van der Waals surface area contributed by atoms with Crippen LogP contribution in [0.15, 0.2) is 29.3 Å². The van der Waals surface area contributed by atoms with Crippen LogP contribution in [0.3, 0.4) is 0 Å². The summed E-state index contributed by atoms with van der Waals surface area (Å²) in [5.74, 6) is 0.260. The second-order valence-corrected chi connectivity index (χ2v) is 4.11. The molecule has 2 N–H and O–H groups in total. The second kappa shape index (κ2) is 4.88. The number of aliphatic imine (C=N–C) groups is 1. The maximum atomic E-state index is 11.7. The van der Waals surface area contributed by atoms with Crippen LogP contribution < -0.4 is 5.73 Å². The molecule has 1 aromatic rings. The topological polar surface area (TPSA) is 82.5 Å². The van der Waals surface area contributed by atoms with E-state index in [0.29, 0.717) is 12.1 Å². The number of nitrogens with two attached hydrogens (primary N) is 1. The fourth-order valence-electron chi connectivity index (χ4n) is 2.14. The summed E-state index contributed by atoms with van der Waals surface area (Å²) in [6, 6.07) is 8.53. The van der Waals surface area contributed by atoms with Crippen LogP contribution in [0.2, 0.25) is 0 Å². The number of carbonyl (C=O) groups excluding carboxylic acids is 1. The Balaban J connectivity index is 2.45. The fraction of sp³-hybridized carbons (Fsp3) is 0.308. The molecule has 0 saturated heterocycles. The molecule has 1 heterocycles. The molecule has 2 rings (SSSR count). The number of nitriles is 1. The van der Waals surface area contributed by atoms with Crippen molar-refractivity contribution in [2.45, 2.75) is 19.4 Å². The van der Waals surface area contributed by atoms with Crippen LogP contribution in [0.5, 0.6) is 0 Å². The highest BCUT2D eigenvalue weighted by molar-refractivity contribution is 6.03. The predicted octanol–water partition coefficient (Wildman–Crippen LogP) is 1.80. The molecule has 0 saturated carbocycles. The highest BCUT2D eigenvalue weighted by Crippen LogP contribution is 2.29. The van der Waals surface area contributed by atoms with Gasteiger partial charge in [-0.25, -0.2) is 4.79 Å². The summed E-state index contributed by atoms with van der Waals surface area (Å²) in [6.07, 6.45) is 0.819. The molecule has 1 aliphatic rings. The van der Waals surface area contributed by atoms with Crippen molar-refractivity contribution in [3.8, 4) is 6.07 Å². The Hall–Kier alpha value is -2.35. The Bertz CT molecular complexity index is 544. The van der Waals surface area contributed by atoms with Crippen LogP contribution in [-0.2, 0) is 0 Å². The van der Waals surface area contributed by atoms with Gasteiger partial charge in [-0.1, -0.05) is 25.1 Å². The standard InChI is InChI=1S/C13H14N4O/c1-2-7-17-11(12(15)16-13(17)18)10-6-4-3-5-9(10)8-14/h3-6,11H,2,7H2,1H3,(H2,15,16,18). The number of amidine groups is 1. The van der Waals surface area contributed by atoms with Crippen molar-refractivity contribution in [3.05, 3.63) is 35.4 Å². The Morgan fingerprint density at radius 1 is 1.50 bits per heavy atom. The van der Waals surface area contributed by atoms with Gasteiger partial charge in [0.25, 0.3) is 0 Å². The minimum atomic E-state index is -0.409. The van der Waals surface area contributed by atoms with Crippen LogP contribution in [0.4, 0.5) is 4.79 Å². The Morgan fingerprint density at radius 3 is 2.89 bits per heavy atom. The quantitative estimate of drug-likeness (QED) is 0.877. The molecule has 5 nitrogen and oxygen atoms in total. The van der Waals surface area contributed by atoms with Gasteiger partial charge < -0.3 is 10.6 Å². The van der Waals surface area contributed by atoms with Crippen molar-refractivity contribution in [3.63, 3.8) is 0 Å². The molecule has 2 amide bonds. The van der Waals surface area contributed by atoms with E-state index in [9.17, 15) is 4.79 Å². The van der Waals surface area contributed by atoms with Gasteiger partial charge in [0.1, 0.15) is 11.9 Å². The van der Waals surface area contributed by atoms with Crippen LogP contribution >= 0.6 is 0 Å². The van der Waals surface area contributed by atoms with E-state index in [2.05, 4.69) is 11.1 Å². The zero-order valence-electron chi connectivity index (χ0n) is 10.1.